The van der Waals surface area contributed by atoms with Crippen LogP contribution in [0.1, 0.15) is 0 Å². The molecule has 0 atom stereocenters. The highest BCUT2D eigenvalue weighted by Crippen LogP contribution is 2.14. The normalized spacial score (nSPS) is 10.4. The first-order valence-electron chi connectivity index (χ1n) is 3.14. The van der Waals surface area contributed by atoms with Gasteiger partial charge in [-0.05, 0) is 5.75 Å². The Morgan fingerprint density at radius 1 is 1.73 bits per heavy atom. The summed E-state index contributed by atoms with van der Waals surface area (Å²) >= 11 is 5.68. The van der Waals surface area contributed by atoms with Gasteiger partial charge in [0.2, 0.25) is 5.95 Å². The number of nitrogens with two attached hydrogens (primary N) is 1. The Labute approximate surface area is 75.0 Å². The Bertz CT molecular complexity index is 234. The Balaban J connectivity index is 2.62. The van der Waals surface area contributed by atoms with Gasteiger partial charge < -0.3 is 5.73 Å². The summed E-state index contributed by atoms with van der Waals surface area (Å²) in [5, 5.41) is 4.75. The molecule has 1 aromatic heterocycles. The molecular weight excluding hydrogens is 180 g/mol. The van der Waals surface area contributed by atoms with E-state index >= 15 is 0 Å². The van der Waals surface area contributed by atoms with E-state index in [9.17, 15) is 0 Å². The highest BCUT2D eigenvalue weighted by Gasteiger charge is 2.02. The van der Waals surface area contributed by atoms with Crippen LogP contribution in [0, 0.1) is 0 Å². The minimum Gasteiger partial charge on any atom is -0.366 e. The largest absolute Gasteiger partial charge is 0.366 e. The van der Waals surface area contributed by atoms with Crippen molar-refractivity contribution in [3.8, 4) is 0 Å². The van der Waals surface area contributed by atoms with Crippen molar-refractivity contribution in [3.05, 3.63) is 0 Å². The molecule has 0 fully saturated rings. The van der Waals surface area contributed by atoms with E-state index in [1.165, 1.54) is 0 Å². The molecule has 0 aliphatic rings. The van der Waals surface area contributed by atoms with Crippen LogP contribution in [-0.4, -0.2) is 26.3 Å². The number of rotatable bonds is 3. The van der Waals surface area contributed by atoms with Crippen molar-refractivity contribution in [1.29, 1.82) is 0 Å². The summed E-state index contributed by atoms with van der Waals surface area (Å²) in [4.78, 5) is 4.01. The van der Waals surface area contributed by atoms with Crippen molar-refractivity contribution in [3.63, 3.8) is 0 Å². The predicted octanol–water partition coefficient (Wildman–Crippen LogP) is 0.419. The van der Waals surface area contributed by atoms with E-state index in [1.54, 1.807) is 16.4 Å². The summed E-state index contributed by atoms with van der Waals surface area (Å²) in [6, 6.07) is 0. The minimum absolute atomic E-state index is 0.328. The van der Waals surface area contributed by atoms with Gasteiger partial charge in [0, 0.05) is 12.8 Å². The maximum Gasteiger partial charge on any atom is 0.240 e. The maximum absolute atomic E-state index is 5.38. The number of thiol groups is 1. The van der Waals surface area contributed by atoms with Crippen molar-refractivity contribution >= 4 is 30.3 Å². The molecule has 0 spiro atoms. The molecule has 4 nitrogen and oxygen atoms in total. The Kier molecular flexibility index (Phi) is 3.07. The van der Waals surface area contributed by atoms with Crippen molar-refractivity contribution in [1.82, 2.24) is 14.8 Å². The zero-order valence-corrected chi connectivity index (χ0v) is 7.90. The fraction of sp³-hybridized carbons (Fsp3) is 0.600. The Morgan fingerprint density at radius 3 is 2.91 bits per heavy atom. The predicted molar refractivity (Wildman–Crippen MR) is 50.0 cm³/mol. The van der Waals surface area contributed by atoms with Crippen LogP contribution in [0.5, 0.6) is 0 Å². The lowest BCUT2D eigenvalue weighted by Crippen LogP contribution is -1.94. The molecule has 0 saturated heterocycles. The van der Waals surface area contributed by atoms with Crippen molar-refractivity contribution in [2.45, 2.75) is 5.16 Å². The van der Waals surface area contributed by atoms with E-state index in [4.69, 9.17) is 5.73 Å². The van der Waals surface area contributed by atoms with Gasteiger partial charge in [-0.1, -0.05) is 11.8 Å². The number of aryl methyl sites for hydroxylation is 1. The number of nitrogen functional groups attached to an aromatic ring is 1. The maximum atomic E-state index is 5.38. The third kappa shape index (κ3) is 2.30. The molecule has 1 rings (SSSR count). The van der Waals surface area contributed by atoms with E-state index in [1.807, 2.05) is 7.05 Å². The van der Waals surface area contributed by atoms with Crippen LogP contribution in [0.3, 0.4) is 0 Å². The third-order valence-electron chi connectivity index (χ3n) is 1.06. The quantitative estimate of drug-likeness (QED) is 0.536. The molecule has 6 heteroatoms. The van der Waals surface area contributed by atoms with Crippen LogP contribution in [0.15, 0.2) is 5.16 Å². The molecule has 0 amide bonds. The lowest BCUT2D eigenvalue weighted by Gasteiger charge is -1.95. The zero-order valence-electron chi connectivity index (χ0n) is 6.19. The van der Waals surface area contributed by atoms with Crippen molar-refractivity contribution in [2.24, 2.45) is 7.05 Å². The van der Waals surface area contributed by atoms with E-state index in [0.29, 0.717) is 5.95 Å². The zero-order chi connectivity index (χ0) is 8.27. The average molecular weight is 190 g/mol. The van der Waals surface area contributed by atoms with E-state index in [0.717, 1.165) is 16.7 Å². The highest BCUT2D eigenvalue weighted by atomic mass is 32.2. The number of nitrogens with zero attached hydrogens (tertiary/aromatic N) is 3. The number of aromatic nitrogens is 3. The van der Waals surface area contributed by atoms with Gasteiger partial charge in [-0.2, -0.15) is 17.6 Å². The van der Waals surface area contributed by atoms with E-state index in [2.05, 4.69) is 22.7 Å². The first-order valence-corrected chi connectivity index (χ1v) is 4.76. The van der Waals surface area contributed by atoms with Crippen LogP contribution in [0.25, 0.3) is 0 Å². The second-order valence-corrected chi connectivity index (χ2v) is 3.46. The summed E-state index contributed by atoms with van der Waals surface area (Å²) < 4.78 is 1.67. The van der Waals surface area contributed by atoms with Gasteiger partial charge >= 0.3 is 0 Å². The fourth-order valence-corrected chi connectivity index (χ4v) is 1.59. The molecule has 0 aliphatic carbocycles. The molecule has 11 heavy (non-hydrogen) atoms. The molecule has 1 aromatic rings. The smallest absolute Gasteiger partial charge is 0.240 e. The monoisotopic (exact) mass is 190 g/mol. The summed E-state index contributed by atoms with van der Waals surface area (Å²) in [6.07, 6.45) is 0. The topological polar surface area (TPSA) is 56.7 Å². The number of hydrogen-bond donors (Lipinski definition) is 2. The van der Waals surface area contributed by atoms with Gasteiger partial charge in [0.05, 0.1) is 0 Å². The van der Waals surface area contributed by atoms with Gasteiger partial charge in [-0.25, -0.2) is 4.68 Å². The number of thioether (sulfide) groups is 1. The molecule has 0 radical (unpaired) electrons. The van der Waals surface area contributed by atoms with Gasteiger partial charge in [0.1, 0.15) is 0 Å². The third-order valence-corrected chi connectivity index (χ3v) is 2.61. The van der Waals surface area contributed by atoms with Gasteiger partial charge in [-0.3, -0.25) is 0 Å². The van der Waals surface area contributed by atoms with E-state index in [-0.39, 0.29) is 0 Å². The van der Waals surface area contributed by atoms with Crippen LogP contribution in [-0.2, 0) is 7.05 Å². The summed E-state index contributed by atoms with van der Waals surface area (Å²) in [7, 11) is 1.82. The van der Waals surface area contributed by atoms with Gasteiger partial charge in [0.15, 0.2) is 5.16 Å². The average Bonchev–Trinajstić information content (AvgIpc) is 2.26. The first-order chi connectivity index (χ1) is 5.24. The molecule has 2 N–H and O–H groups in total. The van der Waals surface area contributed by atoms with Crippen LogP contribution < -0.4 is 5.73 Å². The molecule has 0 aromatic carbocycles. The fourth-order valence-electron chi connectivity index (χ4n) is 0.652. The molecule has 0 aliphatic heterocycles. The SMILES string of the molecule is Cn1nc(N)nc1SCCS. The summed E-state index contributed by atoms with van der Waals surface area (Å²) in [5.74, 6) is 2.08. The molecule has 62 valence electrons. The molecular formula is C5H10N4S2. The highest BCUT2D eigenvalue weighted by molar-refractivity contribution is 7.99. The van der Waals surface area contributed by atoms with Gasteiger partial charge in [-0.15, -0.1) is 5.10 Å². The Hall–Kier alpha value is -0.360. The number of anilines is 1. The van der Waals surface area contributed by atoms with Crippen LogP contribution in [0.4, 0.5) is 5.95 Å². The molecule has 0 saturated carbocycles. The van der Waals surface area contributed by atoms with Crippen molar-refractivity contribution in [2.75, 3.05) is 17.2 Å². The van der Waals surface area contributed by atoms with Gasteiger partial charge in [0.25, 0.3) is 0 Å². The van der Waals surface area contributed by atoms with E-state index < -0.39 is 0 Å². The van der Waals surface area contributed by atoms with Crippen molar-refractivity contribution < 1.29 is 0 Å². The van der Waals surface area contributed by atoms with Crippen LogP contribution in [0.2, 0.25) is 0 Å². The molecule has 1 heterocycles. The number of hydrogen-bond acceptors (Lipinski definition) is 5. The lowest BCUT2D eigenvalue weighted by atomic mass is 11.0. The molecule has 0 unspecified atom stereocenters. The lowest BCUT2D eigenvalue weighted by molar-refractivity contribution is 0.687. The minimum atomic E-state index is 0.328. The Morgan fingerprint density at radius 2 is 2.45 bits per heavy atom. The summed E-state index contributed by atoms with van der Waals surface area (Å²) in [5.41, 5.74) is 5.38. The summed E-state index contributed by atoms with van der Waals surface area (Å²) in [6.45, 7) is 0. The second-order valence-electron chi connectivity index (χ2n) is 1.95. The molecule has 0 bridgehead atoms. The first kappa shape index (κ1) is 8.73. The van der Waals surface area contributed by atoms with Crippen LogP contribution >= 0.6 is 24.4 Å². The second kappa shape index (κ2) is 3.87. The standard InChI is InChI=1S/C5H10N4S2/c1-9-5(11-3-2-10)7-4(6)8-9/h10H,2-3H2,1H3,(H2,6,8).